The van der Waals surface area contributed by atoms with Crippen LogP contribution in [0.1, 0.15) is 38.1 Å². The van der Waals surface area contributed by atoms with E-state index in [-0.39, 0.29) is 18.0 Å². The molecule has 2 aromatic rings. The predicted octanol–water partition coefficient (Wildman–Crippen LogP) is 5.44. The largest absolute Gasteiger partial charge is 0.334 e. The van der Waals surface area contributed by atoms with E-state index in [4.69, 9.17) is 0 Å². The average Bonchev–Trinajstić information content (AvgIpc) is 2.84. The van der Waals surface area contributed by atoms with E-state index in [1.54, 1.807) is 11.3 Å². The van der Waals surface area contributed by atoms with E-state index >= 15 is 0 Å². The Morgan fingerprint density at radius 1 is 1.05 bits per heavy atom. The Morgan fingerprint density at radius 3 is 2.19 bits per heavy atom. The molecular formula is C17H20BrNOS. The van der Waals surface area contributed by atoms with Crippen LogP contribution in [-0.4, -0.2) is 22.9 Å². The smallest absolute Gasteiger partial charge is 0.254 e. The van der Waals surface area contributed by atoms with Gasteiger partial charge in [0, 0.05) is 28.1 Å². The minimum Gasteiger partial charge on any atom is -0.334 e. The van der Waals surface area contributed by atoms with Crippen LogP contribution in [0.25, 0.3) is 10.4 Å². The fourth-order valence-electron chi connectivity index (χ4n) is 2.55. The molecule has 0 aliphatic carbocycles. The van der Waals surface area contributed by atoms with Crippen LogP contribution in [0.3, 0.4) is 0 Å². The lowest BCUT2D eigenvalue weighted by Crippen LogP contribution is -2.42. The Bertz CT molecular complexity index is 625. The molecule has 0 saturated carbocycles. The number of hydrogen-bond acceptors (Lipinski definition) is 2. The number of halogens is 1. The van der Waals surface area contributed by atoms with Crippen molar-refractivity contribution in [2.75, 3.05) is 0 Å². The van der Waals surface area contributed by atoms with E-state index in [0.717, 1.165) is 19.8 Å². The van der Waals surface area contributed by atoms with Gasteiger partial charge >= 0.3 is 0 Å². The normalized spacial score (nSPS) is 11.2. The minimum atomic E-state index is 0.0973. The van der Waals surface area contributed by atoms with Crippen LogP contribution in [0.5, 0.6) is 0 Å². The van der Waals surface area contributed by atoms with Crippen LogP contribution in [-0.2, 0) is 0 Å². The van der Waals surface area contributed by atoms with Crippen molar-refractivity contribution in [2.24, 2.45) is 0 Å². The quantitative estimate of drug-likeness (QED) is 0.706. The number of amides is 1. The second kappa shape index (κ2) is 6.75. The molecule has 0 aliphatic heterocycles. The first-order chi connectivity index (χ1) is 9.91. The van der Waals surface area contributed by atoms with Gasteiger partial charge in [-0.25, -0.2) is 0 Å². The SMILES string of the molecule is CC(C)N(C(=O)c1ccccc1-c1ccc(Br)s1)C(C)C. The van der Waals surface area contributed by atoms with Crippen LogP contribution in [0.2, 0.25) is 0 Å². The van der Waals surface area contributed by atoms with Crippen molar-refractivity contribution in [3.05, 3.63) is 45.7 Å². The van der Waals surface area contributed by atoms with Gasteiger partial charge in [-0.05, 0) is 61.8 Å². The fraction of sp³-hybridized carbons (Fsp3) is 0.353. The maximum absolute atomic E-state index is 12.9. The molecule has 0 unspecified atom stereocenters. The maximum atomic E-state index is 12.9. The second-order valence-corrected chi connectivity index (χ2v) is 8.01. The van der Waals surface area contributed by atoms with Crippen molar-refractivity contribution >= 4 is 33.2 Å². The molecule has 1 heterocycles. The molecule has 0 N–H and O–H groups in total. The first kappa shape index (κ1) is 16.2. The van der Waals surface area contributed by atoms with Gasteiger partial charge in [-0.3, -0.25) is 4.79 Å². The van der Waals surface area contributed by atoms with E-state index in [1.165, 1.54) is 0 Å². The number of hydrogen-bond donors (Lipinski definition) is 0. The molecule has 0 fully saturated rings. The van der Waals surface area contributed by atoms with Crippen molar-refractivity contribution in [3.8, 4) is 10.4 Å². The van der Waals surface area contributed by atoms with Crippen LogP contribution in [0.4, 0.5) is 0 Å². The highest BCUT2D eigenvalue weighted by Gasteiger charge is 2.24. The third-order valence-electron chi connectivity index (χ3n) is 3.34. The molecule has 1 aromatic carbocycles. The molecule has 112 valence electrons. The molecule has 1 amide bonds. The molecule has 0 bridgehead atoms. The topological polar surface area (TPSA) is 20.3 Å². The predicted molar refractivity (Wildman–Crippen MR) is 93.9 cm³/mol. The van der Waals surface area contributed by atoms with Gasteiger partial charge in [0.15, 0.2) is 0 Å². The van der Waals surface area contributed by atoms with E-state index in [9.17, 15) is 4.79 Å². The molecule has 0 saturated heterocycles. The van der Waals surface area contributed by atoms with Gasteiger partial charge in [0.1, 0.15) is 0 Å². The molecule has 4 heteroatoms. The molecule has 1 aromatic heterocycles. The zero-order valence-corrected chi connectivity index (χ0v) is 15.2. The number of carbonyl (C=O) groups is 1. The summed E-state index contributed by atoms with van der Waals surface area (Å²) in [5.41, 5.74) is 1.78. The van der Waals surface area contributed by atoms with Gasteiger partial charge in [-0.1, -0.05) is 18.2 Å². The molecule has 0 spiro atoms. The average molecular weight is 366 g/mol. The Morgan fingerprint density at radius 2 is 1.67 bits per heavy atom. The molecule has 0 aliphatic rings. The third-order valence-corrected chi connectivity index (χ3v) is 5.00. The lowest BCUT2D eigenvalue weighted by Gasteiger charge is -2.31. The van der Waals surface area contributed by atoms with Crippen molar-refractivity contribution < 1.29 is 4.79 Å². The van der Waals surface area contributed by atoms with Gasteiger partial charge in [0.2, 0.25) is 0 Å². The van der Waals surface area contributed by atoms with E-state index < -0.39 is 0 Å². The highest BCUT2D eigenvalue weighted by Crippen LogP contribution is 2.34. The summed E-state index contributed by atoms with van der Waals surface area (Å²) in [5, 5.41) is 0. The second-order valence-electron chi connectivity index (χ2n) is 5.55. The first-order valence-corrected chi connectivity index (χ1v) is 8.70. The summed E-state index contributed by atoms with van der Waals surface area (Å²) >= 11 is 5.14. The highest BCUT2D eigenvalue weighted by atomic mass is 79.9. The Hall–Kier alpha value is -1.13. The number of benzene rings is 1. The van der Waals surface area contributed by atoms with Gasteiger partial charge < -0.3 is 4.90 Å². The van der Waals surface area contributed by atoms with Crippen molar-refractivity contribution in [1.82, 2.24) is 4.90 Å². The van der Waals surface area contributed by atoms with Gasteiger partial charge in [0.05, 0.1) is 3.79 Å². The van der Waals surface area contributed by atoms with Crippen LogP contribution in [0.15, 0.2) is 40.2 Å². The Balaban J connectivity index is 2.47. The molecule has 21 heavy (non-hydrogen) atoms. The molecule has 2 rings (SSSR count). The Labute approximate surface area is 138 Å². The van der Waals surface area contributed by atoms with Gasteiger partial charge in [-0.2, -0.15) is 0 Å². The highest BCUT2D eigenvalue weighted by molar-refractivity contribution is 9.11. The van der Waals surface area contributed by atoms with Crippen molar-refractivity contribution in [3.63, 3.8) is 0 Å². The molecule has 2 nitrogen and oxygen atoms in total. The summed E-state index contributed by atoms with van der Waals surface area (Å²) < 4.78 is 1.07. The third kappa shape index (κ3) is 3.55. The first-order valence-electron chi connectivity index (χ1n) is 7.09. The number of nitrogens with zero attached hydrogens (tertiary/aromatic N) is 1. The monoisotopic (exact) mass is 365 g/mol. The fourth-order valence-corrected chi connectivity index (χ4v) is 3.97. The summed E-state index contributed by atoms with van der Waals surface area (Å²) in [6, 6.07) is 12.3. The van der Waals surface area contributed by atoms with Crippen LogP contribution in [0, 0.1) is 0 Å². The van der Waals surface area contributed by atoms with Crippen LogP contribution < -0.4 is 0 Å². The van der Waals surface area contributed by atoms with E-state index in [1.807, 2.05) is 35.2 Å². The van der Waals surface area contributed by atoms with Gasteiger partial charge in [-0.15, -0.1) is 11.3 Å². The summed E-state index contributed by atoms with van der Waals surface area (Å²) in [6.45, 7) is 8.23. The summed E-state index contributed by atoms with van der Waals surface area (Å²) in [6.07, 6.45) is 0. The zero-order valence-electron chi connectivity index (χ0n) is 12.8. The lowest BCUT2D eigenvalue weighted by atomic mass is 10.0. The Kier molecular flexibility index (Phi) is 5.22. The maximum Gasteiger partial charge on any atom is 0.254 e. The number of thiophene rings is 1. The van der Waals surface area contributed by atoms with E-state index in [2.05, 4.69) is 49.7 Å². The lowest BCUT2D eigenvalue weighted by molar-refractivity contribution is 0.0644. The van der Waals surface area contributed by atoms with Crippen molar-refractivity contribution in [2.45, 2.75) is 39.8 Å². The van der Waals surface area contributed by atoms with E-state index in [0.29, 0.717) is 0 Å². The number of carbonyl (C=O) groups excluding carboxylic acids is 1. The molecule has 0 radical (unpaired) electrons. The molecular weight excluding hydrogens is 346 g/mol. The standard InChI is InChI=1S/C17H20BrNOS/c1-11(2)19(12(3)4)17(20)14-8-6-5-7-13(14)15-9-10-16(18)21-15/h5-12H,1-4H3. The number of rotatable bonds is 4. The summed E-state index contributed by atoms with van der Waals surface area (Å²) in [4.78, 5) is 16.0. The van der Waals surface area contributed by atoms with Gasteiger partial charge in [0.25, 0.3) is 5.91 Å². The van der Waals surface area contributed by atoms with Crippen LogP contribution >= 0.6 is 27.3 Å². The zero-order chi connectivity index (χ0) is 15.6. The summed E-state index contributed by atoms with van der Waals surface area (Å²) in [7, 11) is 0. The minimum absolute atomic E-state index is 0.0973. The molecule has 0 atom stereocenters. The summed E-state index contributed by atoms with van der Waals surface area (Å²) in [5.74, 6) is 0.0973. The van der Waals surface area contributed by atoms with Crippen molar-refractivity contribution in [1.29, 1.82) is 0 Å².